The van der Waals surface area contributed by atoms with Crippen LogP contribution in [-0.4, -0.2) is 19.4 Å². The first kappa shape index (κ1) is 15.5. The maximum atomic E-state index is 11.3. The Labute approximate surface area is 101 Å². The molecule has 0 aliphatic rings. The summed E-state index contributed by atoms with van der Waals surface area (Å²) in [6.45, 7) is 10.8. The van der Waals surface area contributed by atoms with Crippen molar-refractivity contribution >= 4 is 9.84 Å². The molecule has 0 aliphatic heterocycles. The van der Waals surface area contributed by atoms with E-state index < -0.39 is 9.84 Å². The van der Waals surface area contributed by atoms with Gasteiger partial charge in [-0.15, -0.1) is 0 Å². The Balaban J connectivity index is 0. The molecule has 0 saturated heterocycles. The number of sulfone groups is 1. The van der Waals surface area contributed by atoms with Crippen molar-refractivity contribution in [2.24, 2.45) is 5.92 Å². The average molecular weight is 265 g/mol. The van der Waals surface area contributed by atoms with Crippen molar-refractivity contribution in [1.82, 2.24) is 0 Å². The smallest absolute Gasteiger partial charge is 0.123 e. The maximum absolute atomic E-state index is 11.3. The van der Waals surface area contributed by atoms with Crippen LogP contribution in [0.2, 0.25) is 0 Å². The van der Waals surface area contributed by atoms with Crippen molar-refractivity contribution in [3.05, 3.63) is 13.8 Å². The molecule has 4 heteroatoms. The third kappa shape index (κ3) is 4.34. The summed E-state index contributed by atoms with van der Waals surface area (Å²) in [5.41, 5.74) is 0. The molecule has 0 aromatic carbocycles. The molecule has 0 N–H and O–H groups in total. The molecule has 1 atom stereocenters. The summed E-state index contributed by atoms with van der Waals surface area (Å²) < 4.78 is 22.5. The summed E-state index contributed by atoms with van der Waals surface area (Å²) in [7, 11) is -2.98. The zero-order valence-corrected chi connectivity index (χ0v) is 11.4. The van der Waals surface area contributed by atoms with E-state index in [0.717, 1.165) is 0 Å². The molecule has 0 aromatic rings. The van der Waals surface area contributed by atoms with E-state index >= 15 is 0 Å². The van der Waals surface area contributed by atoms with Gasteiger partial charge in [-0.3, -0.25) is 0 Å². The second kappa shape index (κ2) is 6.50. The molecule has 0 fully saturated rings. The zero-order valence-electron chi connectivity index (χ0n) is 7.79. The largest absolute Gasteiger partial charge is 0.342 e. The standard InChI is InChI=1S/C8H16O2S.Y/c1-5-8(7(3)4)11(9,10)6-2;/h7-8H,1-2,5-6H2,3-4H3;/q-2;. The van der Waals surface area contributed by atoms with Gasteiger partial charge in [0.05, 0.1) is 0 Å². The van der Waals surface area contributed by atoms with Gasteiger partial charge < -0.3 is 13.8 Å². The first-order valence-electron chi connectivity index (χ1n) is 3.75. The van der Waals surface area contributed by atoms with Crippen molar-refractivity contribution in [2.45, 2.75) is 25.5 Å². The quantitative estimate of drug-likeness (QED) is 0.721. The van der Waals surface area contributed by atoms with Gasteiger partial charge in [0.2, 0.25) is 0 Å². The summed E-state index contributed by atoms with van der Waals surface area (Å²) in [5.74, 6) is 0.116. The van der Waals surface area contributed by atoms with E-state index in [1.807, 2.05) is 13.8 Å². The summed E-state index contributed by atoms with van der Waals surface area (Å²) >= 11 is 0. The van der Waals surface area contributed by atoms with E-state index in [2.05, 4.69) is 13.8 Å². The molecule has 0 bridgehead atoms. The number of hydrogen-bond donors (Lipinski definition) is 0. The fourth-order valence-electron chi connectivity index (χ4n) is 1.08. The van der Waals surface area contributed by atoms with Gasteiger partial charge in [0.15, 0.2) is 0 Å². The Bertz CT molecular complexity index is 197. The second-order valence-corrected chi connectivity index (χ2v) is 5.28. The molecule has 2 nitrogen and oxygen atoms in total. The van der Waals surface area contributed by atoms with E-state index in [1.165, 1.54) is 0 Å². The van der Waals surface area contributed by atoms with E-state index in [9.17, 15) is 8.42 Å². The predicted molar refractivity (Wildman–Crippen MR) is 47.7 cm³/mol. The van der Waals surface area contributed by atoms with Crippen LogP contribution in [0.15, 0.2) is 0 Å². The van der Waals surface area contributed by atoms with Crippen LogP contribution in [0.25, 0.3) is 0 Å². The van der Waals surface area contributed by atoms with Crippen LogP contribution >= 0.6 is 0 Å². The van der Waals surface area contributed by atoms with Crippen LogP contribution in [0.5, 0.6) is 0 Å². The van der Waals surface area contributed by atoms with Crippen LogP contribution < -0.4 is 0 Å². The van der Waals surface area contributed by atoms with E-state index in [4.69, 9.17) is 0 Å². The van der Waals surface area contributed by atoms with Gasteiger partial charge in [-0.2, -0.15) is 6.42 Å². The predicted octanol–water partition coefficient (Wildman–Crippen LogP) is 1.48. The normalized spacial score (nSPS) is 14.1. The summed E-state index contributed by atoms with van der Waals surface area (Å²) in [6, 6.07) is 0. The molecule has 0 spiro atoms. The fraction of sp³-hybridized carbons (Fsp3) is 0.750. The van der Waals surface area contributed by atoms with Crippen molar-refractivity contribution in [1.29, 1.82) is 0 Å². The van der Waals surface area contributed by atoms with Crippen molar-refractivity contribution < 1.29 is 41.1 Å². The minimum Gasteiger partial charge on any atom is -0.342 e. The molecule has 1 radical (unpaired) electrons. The van der Waals surface area contributed by atoms with E-state index in [0.29, 0.717) is 6.42 Å². The Morgan fingerprint density at radius 1 is 1.25 bits per heavy atom. The summed E-state index contributed by atoms with van der Waals surface area (Å²) in [4.78, 5) is 0. The first-order chi connectivity index (χ1) is 4.95. The third-order valence-electron chi connectivity index (χ3n) is 1.77. The van der Waals surface area contributed by atoms with Crippen LogP contribution in [-0.2, 0) is 42.5 Å². The van der Waals surface area contributed by atoms with Gasteiger partial charge >= 0.3 is 0 Å². The second-order valence-electron chi connectivity index (χ2n) is 2.94. The molecular formula is C8H16O2SY-2. The molecule has 0 amide bonds. The van der Waals surface area contributed by atoms with Crippen molar-refractivity contribution in [2.75, 3.05) is 5.75 Å². The molecule has 0 heterocycles. The van der Waals surface area contributed by atoms with E-state index in [-0.39, 0.29) is 49.6 Å². The van der Waals surface area contributed by atoms with Gasteiger partial charge in [-0.1, -0.05) is 19.6 Å². The number of hydrogen-bond acceptors (Lipinski definition) is 2. The van der Waals surface area contributed by atoms with E-state index in [1.54, 1.807) is 0 Å². The molecule has 0 rings (SSSR count). The van der Waals surface area contributed by atoms with Gasteiger partial charge in [-0.25, -0.2) is 8.42 Å². The van der Waals surface area contributed by atoms with Gasteiger partial charge in [-0.05, 0) is 5.92 Å². The third-order valence-corrected chi connectivity index (χ3v) is 4.05. The molecule has 0 aromatic heterocycles. The summed E-state index contributed by atoms with van der Waals surface area (Å²) in [5, 5.41) is -0.319. The molecule has 0 saturated carbocycles. The minimum atomic E-state index is -2.98. The first-order valence-corrected chi connectivity index (χ1v) is 5.47. The maximum Gasteiger partial charge on any atom is 0.123 e. The van der Waals surface area contributed by atoms with Gasteiger partial charge in [0.1, 0.15) is 9.84 Å². The number of rotatable bonds is 4. The van der Waals surface area contributed by atoms with Crippen LogP contribution in [0.4, 0.5) is 0 Å². The fourth-order valence-corrected chi connectivity index (χ4v) is 2.57. The molecule has 0 aliphatic carbocycles. The van der Waals surface area contributed by atoms with Crippen LogP contribution in [0.1, 0.15) is 20.3 Å². The Morgan fingerprint density at radius 2 is 1.67 bits per heavy atom. The summed E-state index contributed by atoms with van der Waals surface area (Å²) in [6.07, 6.45) is 0.440. The zero-order chi connectivity index (χ0) is 9.07. The van der Waals surface area contributed by atoms with Crippen molar-refractivity contribution in [3.63, 3.8) is 0 Å². The molecule has 12 heavy (non-hydrogen) atoms. The molecular weight excluding hydrogens is 249 g/mol. The SMILES string of the molecule is [CH2-]CC(C(C)C)S(=O)(=O)C[CH2-].[Y]. The minimum absolute atomic E-state index is 0. The monoisotopic (exact) mass is 265 g/mol. The Hall–Kier alpha value is 1.05. The van der Waals surface area contributed by atoms with Crippen LogP contribution in [0, 0.1) is 19.8 Å². The van der Waals surface area contributed by atoms with Gasteiger partial charge in [0, 0.05) is 38.0 Å². The van der Waals surface area contributed by atoms with Crippen LogP contribution in [0.3, 0.4) is 0 Å². The Kier molecular flexibility index (Phi) is 8.41. The van der Waals surface area contributed by atoms with Gasteiger partial charge in [0.25, 0.3) is 0 Å². The topological polar surface area (TPSA) is 34.1 Å². The molecule has 1 unspecified atom stereocenters. The average Bonchev–Trinajstić information content (AvgIpc) is 1.88. The Morgan fingerprint density at radius 3 is 1.75 bits per heavy atom. The molecule has 71 valence electrons. The van der Waals surface area contributed by atoms with Crippen molar-refractivity contribution in [3.8, 4) is 0 Å².